The van der Waals surface area contributed by atoms with Gasteiger partial charge < -0.3 is 10.2 Å². The van der Waals surface area contributed by atoms with Crippen molar-refractivity contribution in [3.63, 3.8) is 0 Å². The van der Waals surface area contributed by atoms with Gasteiger partial charge in [-0.2, -0.15) is 0 Å². The Morgan fingerprint density at radius 2 is 1.91 bits per heavy atom. The monoisotopic (exact) mass is 390 g/mol. The van der Waals surface area contributed by atoms with E-state index >= 15 is 0 Å². The molecule has 1 aliphatic rings. The molecule has 1 N–H and O–H groups in total. The molecule has 2 aromatic carbocycles. The average Bonchev–Trinajstić information content (AvgIpc) is 3.02. The quantitative estimate of drug-likeness (QED) is 0.784. The summed E-state index contributed by atoms with van der Waals surface area (Å²) in [5.41, 5.74) is 1.20. The van der Waals surface area contributed by atoms with Crippen molar-refractivity contribution in [2.45, 2.75) is 17.4 Å². The van der Waals surface area contributed by atoms with Gasteiger partial charge >= 0.3 is 0 Å². The molecule has 1 fully saturated rings. The van der Waals surface area contributed by atoms with Gasteiger partial charge in [0.25, 0.3) is 0 Å². The molecule has 0 radical (unpaired) electrons. The second-order valence-corrected chi connectivity index (χ2v) is 7.46. The van der Waals surface area contributed by atoms with E-state index in [-0.39, 0.29) is 11.9 Å². The van der Waals surface area contributed by atoms with Gasteiger partial charge in [0, 0.05) is 28.5 Å². The van der Waals surface area contributed by atoms with E-state index in [1.807, 2.05) is 42.5 Å². The summed E-state index contributed by atoms with van der Waals surface area (Å²) in [5, 5.41) is 3.15. The number of carbonyl (C=O) groups excluding carboxylic acids is 1. The first-order valence-corrected chi connectivity index (χ1v) is 9.47. The Hall–Kier alpha value is -1.46. The molecular weight excluding hydrogens is 372 g/mol. The van der Waals surface area contributed by atoms with E-state index in [1.54, 1.807) is 11.8 Å². The standard InChI is InChI=1S/C18H19BrN2OS/c19-16-8-4-5-9-17(16)21-11-10-14(12-21)20-18(22)13-23-15-6-2-1-3-7-15/h1-9,14H,10-13H2,(H,20,22). The SMILES string of the molecule is O=C(CSc1ccccc1)NC1CCN(c2ccccc2Br)C1. The van der Waals surface area contributed by atoms with Crippen LogP contribution in [0.25, 0.3) is 0 Å². The van der Waals surface area contributed by atoms with Crippen molar-refractivity contribution in [1.29, 1.82) is 0 Å². The minimum absolute atomic E-state index is 0.109. The molecule has 120 valence electrons. The molecule has 1 heterocycles. The molecule has 0 aliphatic carbocycles. The van der Waals surface area contributed by atoms with E-state index in [4.69, 9.17) is 0 Å². The molecule has 1 unspecified atom stereocenters. The van der Waals surface area contributed by atoms with Crippen molar-refractivity contribution in [3.8, 4) is 0 Å². The minimum Gasteiger partial charge on any atom is -0.368 e. The van der Waals surface area contributed by atoms with Crippen LogP contribution in [0.4, 0.5) is 5.69 Å². The van der Waals surface area contributed by atoms with Crippen molar-refractivity contribution in [3.05, 3.63) is 59.1 Å². The lowest BCUT2D eigenvalue weighted by Crippen LogP contribution is -2.38. The first kappa shape index (κ1) is 16.4. The summed E-state index contributed by atoms with van der Waals surface area (Å²) in [7, 11) is 0. The fourth-order valence-electron chi connectivity index (χ4n) is 2.74. The molecule has 1 aliphatic heterocycles. The van der Waals surface area contributed by atoms with E-state index in [2.05, 4.69) is 38.3 Å². The third-order valence-corrected chi connectivity index (χ3v) is 5.54. The first-order chi connectivity index (χ1) is 11.2. The van der Waals surface area contributed by atoms with E-state index in [1.165, 1.54) is 5.69 Å². The molecule has 23 heavy (non-hydrogen) atoms. The first-order valence-electron chi connectivity index (χ1n) is 7.69. The maximum Gasteiger partial charge on any atom is 0.230 e. The molecule has 2 aromatic rings. The second kappa shape index (κ2) is 7.88. The molecule has 1 atom stereocenters. The van der Waals surface area contributed by atoms with Crippen LogP contribution in [0.2, 0.25) is 0 Å². The normalized spacial score (nSPS) is 17.3. The molecule has 0 aromatic heterocycles. The number of nitrogens with zero attached hydrogens (tertiary/aromatic N) is 1. The van der Waals surface area contributed by atoms with Crippen LogP contribution >= 0.6 is 27.7 Å². The lowest BCUT2D eigenvalue weighted by Gasteiger charge is -2.20. The summed E-state index contributed by atoms with van der Waals surface area (Å²) < 4.78 is 1.10. The Kier molecular flexibility index (Phi) is 5.62. The molecule has 0 saturated carbocycles. The summed E-state index contributed by atoms with van der Waals surface area (Å²) >= 11 is 5.17. The number of para-hydroxylation sites is 1. The van der Waals surface area contributed by atoms with E-state index < -0.39 is 0 Å². The fourth-order valence-corrected chi connectivity index (χ4v) is 4.01. The molecule has 1 amide bonds. The van der Waals surface area contributed by atoms with Crippen LogP contribution < -0.4 is 10.2 Å². The number of nitrogens with one attached hydrogen (secondary N) is 1. The number of anilines is 1. The number of amides is 1. The van der Waals surface area contributed by atoms with Gasteiger partial charge in [-0.3, -0.25) is 4.79 Å². The maximum atomic E-state index is 12.1. The van der Waals surface area contributed by atoms with E-state index in [9.17, 15) is 4.79 Å². The highest BCUT2D eigenvalue weighted by atomic mass is 79.9. The largest absolute Gasteiger partial charge is 0.368 e. The number of carbonyl (C=O) groups is 1. The van der Waals surface area contributed by atoms with Gasteiger partial charge in [-0.1, -0.05) is 30.3 Å². The van der Waals surface area contributed by atoms with Gasteiger partial charge in [0.05, 0.1) is 11.4 Å². The molecule has 0 bridgehead atoms. The zero-order valence-electron chi connectivity index (χ0n) is 12.7. The number of hydrogen-bond donors (Lipinski definition) is 1. The van der Waals surface area contributed by atoms with Crippen molar-refractivity contribution in [2.75, 3.05) is 23.7 Å². The summed E-state index contributed by atoms with van der Waals surface area (Å²) in [6, 6.07) is 18.5. The van der Waals surface area contributed by atoms with Crippen molar-refractivity contribution >= 4 is 39.3 Å². The van der Waals surface area contributed by atoms with Crippen LogP contribution in [0.5, 0.6) is 0 Å². The van der Waals surface area contributed by atoms with Crippen LogP contribution in [-0.4, -0.2) is 30.8 Å². The topological polar surface area (TPSA) is 32.3 Å². The smallest absolute Gasteiger partial charge is 0.230 e. The van der Waals surface area contributed by atoms with Crippen molar-refractivity contribution in [1.82, 2.24) is 5.32 Å². The minimum atomic E-state index is 0.109. The second-order valence-electron chi connectivity index (χ2n) is 5.55. The van der Waals surface area contributed by atoms with Gasteiger partial charge in [-0.15, -0.1) is 11.8 Å². The molecule has 3 rings (SSSR count). The van der Waals surface area contributed by atoms with Crippen molar-refractivity contribution < 1.29 is 4.79 Å². The Bertz CT molecular complexity index is 665. The summed E-state index contributed by atoms with van der Waals surface area (Å²) in [6.07, 6.45) is 0.989. The van der Waals surface area contributed by atoms with Crippen LogP contribution in [0.15, 0.2) is 64.0 Å². The zero-order valence-corrected chi connectivity index (χ0v) is 15.1. The number of thioether (sulfide) groups is 1. The molecule has 5 heteroatoms. The summed E-state index contributed by atoms with van der Waals surface area (Å²) in [5.74, 6) is 0.577. The fraction of sp³-hybridized carbons (Fsp3) is 0.278. The van der Waals surface area contributed by atoms with Gasteiger partial charge in [0.2, 0.25) is 5.91 Å². The highest BCUT2D eigenvalue weighted by molar-refractivity contribution is 9.10. The Balaban J connectivity index is 1.48. The predicted molar refractivity (Wildman–Crippen MR) is 100 cm³/mol. The third-order valence-electron chi connectivity index (χ3n) is 3.86. The Morgan fingerprint density at radius 1 is 1.17 bits per heavy atom. The molecular formula is C18H19BrN2OS. The average molecular weight is 391 g/mol. The van der Waals surface area contributed by atoms with Gasteiger partial charge in [-0.05, 0) is 46.6 Å². The summed E-state index contributed by atoms with van der Waals surface area (Å²) in [6.45, 7) is 1.84. The van der Waals surface area contributed by atoms with Crippen LogP contribution in [0.3, 0.4) is 0 Å². The molecule has 1 saturated heterocycles. The Morgan fingerprint density at radius 3 is 2.70 bits per heavy atom. The van der Waals surface area contributed by atoms with E-state index in [0.717, 1.165) is 28.9 Å². The van der Waals surface area contributed by atoms with Crippen molar-refractivity contribution in [2.24, 2.45) is 0 Å². The van der Waals surface area contributed by atoms with Crippen LogP contribution in [0, 0.1) is 0 Å². The lowest BCUT2D eigenvalue weighted by molar-refractivity contribution is -0.119. The number of halogens is 1. The number of benzene rings is 2. The van der Waals surface area contributed by atoms with Crippen LogP contribution in [-0.2, 0) is 4.79 Å². The van der Waals surface area contributed by atoms with Gasteiger partial charge in [0.15, 0.2) is 0 Å². The highest BCUT2D eigenvalue weighted by Gasteiger charge is 2.24. The van der Waals surface area contributed by atoms with Crippen LogP contribution in [0.1, 0.15) is 6.42 Å². The van der Waals surface area contributed by atoms with Gasteiger partial charge in [-0.25, -0.2) is 0 Å². The molecule has 3 nitrogen and oxygen atoms in total. The predicted octanol–water partition coefficient (Wildman–Crippen LogP) is 3.94. The highest BCUT2D eigenvalue weighted by Crippen LogP contribution is 2.28. The molecule has 0 spiro atoms. The summed E-state index contributed by atoms with van der Waals surface area (Å²) in [4.78, 5) is 15.6. The van der Waals surface area contributed by atoms with E-state index in [0.29, 0.717) is 5.75 Å². The lowest BCUT2D eigenvalue weighted by atomic mass is 10.2. The number of rotatable bonds is 5. The Labute approximate surface area is 149 Å². The maximum absolute atomic E-state index is 12.1. The van der Waals surface area contributed by atoms with Gasteiger partial charge in [0.1, 0.15) is 0 Å². The zero-order chi connectivity index (χ0) is 16.1. The number of hydrogen-bond acceptors (Lipinski definition) is 3. The third kappa shape index (κ3) is 4.52.